The molecule has 9 heteroatoms. The Morgan fingerprint density at radius 3 is 2.69 bits per heavy atom. The maximum Gasteiger partial charge on any atom is 0.342 e. The van der Waals surface area contributed by atoms with Crippen molar-refractivity contribution in [3.63, 3.8) is 0 Å². The van der Waals surface area contributed by atoms with Crippen molar-refractivity contribution in [1.82, 2.24) is 14.8 Å². The molecular formula is C26H28N4O5. The molecule has 9 nitrogen and oxygen atoms in total. The van der Waals surface area contributed by atoms with Gasteiger partial charge in [0.15, 0.2) is 6.17 Å². The summed E-state index contributed by atoms with van der Waals surface area (Å²) in [6, 6.07) is 8.10. The van der Waals surface area contributed by atoms with Crippen molar-refractivity contribution in [1.29, 1.82) is 0 Å². The van der Waals surface area contributed by atoms with Crippen LogP contribution < -0.4 is 10.5 Å². The molecule has 4 heterocycles. The Bertz CT molecular complexity index is 1210. The van der Waals surface area contributed by atoms with Crippen LogP contribution in [0.3, 0.4) is 0 Å². The lowest BCUT2D eigenvalue weighted by Crippen LogP contribution is -2.61. The van der Waals surface area contributed by atoms with Crippen molar-refractivity contribution in [2.75, 3.05) is 6.54 Å². The van der Waals surface area contributed by atoms with Crippen LogP contribution in [-0.2, 0) is 16.0 Å². The van der Waals surface area contributed by atoms with Gasteiger partial charge < -0.3 is 20.1 Å². The van der Waals surface area contributed by atoms with E-state index in [-0.39, 0.29) is 5.91 Å². The lowest BCUT2D eigenvalue weighted by atomic mass is 10.0. The zero-order valence-corrected chi connectivity index (χ0v) is 19.8. The molecule has 0 radical (unpaired) electrons. The van der Waals surface area contributed by atoms with Crippen molar-refractivity contribution in [3.8, 4) is 5.75 Å². The lowest BCUT2D eigenvalue weighted by molar-refractivity contribution is -0.135. The standard InChI is InChI=1S/C26H28N4O5/c1-26(2)15-17-6-5-7-18(22(17)35-26)24(32)34-20-8-3-4-13-29-21(31)14-19(16-9-11-28-12-10-16)30(23(20)29)25(27)33/h5-7,9-12,14,20,23H,3-4,8,13,15H2,1-2H3,(H2,27,33). The molecule has 35 heavy (non-hydrogen) atoms. The van der Waals surface area contributed by atoms with Crippen molar-refractivity contribution < 1.29 is 23.9 Å². The molecule has 0 bridgehead atoms. The minimum Gasteiger partial charge on any atom is -0.486 e. The summed E-state index contributed by atoms with van der Waals surface area (Å²) in [5, 5.41) is 0. The second-order valence-corrected chi connectivity index (χ2v) is 9.69. The molecular weight excluding hydrogens is 448 g/mol. The van der Waals surface area contributed by atoms with E-state index in [4.69, 9.17) is 15.2 Å². The number of pyridine rings is 1. The number of nitrogens with two attached hydrogens (primary N) is 1. The summed E-state index contributed by atoms with van der Waals surface area (Å²) in [5.41, 5.74) is 7.69. The van der Waals surface area contributed by atoms with Crippen LogP contribution in [0.4, 0.5) is 4.79 Å². The number of nitrogens with zero attached hydrogens (tertiary/aromatic N) is 3. The smallest absolute Gasteiger partial charge is 0.342 e. The number of carbonyl (C=O) groups is 3. The van der Waals surface area contributed by atoms with Crippen LogP contribution in [0.25, 0.3) is 5.70 Å². The summed E-state index contributed by atoms with van der Waals surface area (Å²) in [6.45, 7) is 4.37. The van der Waals surface area contributed by atoms with Gasteiger partial charge in [-0.2, -0.15) is 0 Å². The molecule has 3 amide bonds. The van der Waals surface area contributed by atoms with Gasteiger partial charge in [-0.1, -0.05) is 12.1 Å². The molecule has 1 fully saturated rings. The van der Waals surface area contributed by atoms with E-state index in [0.717, 1.165) is 18.4 Å². The first-order valence-electron chi connectivity index (χ1n) is 11.8. The zero-order chi connectivity index (χ0) is 24.7. The van der Waals surface area contributed by atoms with Crippen LogP contribution in [0.1, 0.15) is 54.6 Å². The van der Waals surface area contributed by atoms with Gasteiger partial charge in [-0.15, -0.1) is 0 Å². The highest BCUT2D eigenvalue weighted by atomic mass is 16.6. The molecule has 0 spiro atoms. The van der Waals surface area contributed by atoms with Gasteiger partial charge in [-0.25, -0.2) is 9.59 Å². The summed E-state index contributed by atoms with van der Waals surface area (Å²) >= 11 is 0. The normalized spacial score (nSPS) is 22.9. The topological polar surface area (TPSA) is 115 Å². The average Bonchev–Trinajstić information content (AvgIpc) is 3.00. The predicted octanol–water partition coefficient (Wildman–Crippen LogP) is 3.09. The van der Waals surface area contributed by atoms with Crippen molar-refractivity contribution in [3.05, 3.63) is 65.5 Å². The number of hydrogen-bond acceptors (Lipinski definition) is 6. The highest BCUT2D eigenvalue weighted by Crippen LogP contribution is 2.39. The molecule has 3 aliphatic heterocycles. The predicted molar refractivity (Wildman–Crippen MR) is 127 cm³/mol. The molecule has 2 unspecified atom stereocenters. The molecule has 2 aromatic rings. The molecule has 1 aromatic heterocycles. The Hall–Kier alpha value is -3.88. The Labute approximate surface area is 203 Å². The second-order valence-electron chi connectivity index (χ2n) is 9.69. The number of hydrogen-bond donors (Lipinski definition) is 1. The number of urea groups is 1. The van der Waals surface area contributed by atoms with Gasteiger partial charge in [0.05, 0.1) is 5.70 Å². The SMILES string of the molecule is CC1(C)Cc2cccc(C(=O)OC3CCCCN4C(=O)C=C(c5ccncc5)N(C(N)=O)C34)c2O1. The number of aromatic nitrogens is 1. The van der Waals surface area contributed by atoms with Crippen LogP contribution >= 0.6 is 0 Å². The van der Waals surface area contributed by atoms with Crippen LogP contribution in [0.5, 0.6) is 5.75 Å². The Morgan fingerprint density at radius 1 is 1.17 bits per heavy atom. The number of primary amides is 1. The minimum atomic E-state index is -0.853. The van der Waals surface area contributed by atoms with Gasteiger partial charge in [-0.05, 0) is 56.9 Å². The number of carbonyl (C=O) groups excluding carboxylic acids is 3. The summed E-state index contributed by atoms with van der Waals surface area (Å²) in [4.78, 5) is 46.2. The Kier molecular flexibility index (Phi) is 5.70. The second kappa shape index (κ2) is 8.72. The summed E-state index contributed by atoms with van der Waals surface area (Å²) in [5.74, 6) is -0.284. The molecule has 0 saturated carbocycles. The monoisotopic (exact) mass is 476 g/mol. The highest BCUT2D eigenvalue weighted by molar-refractivity contribution is 6.01. The van der Waals surface area contributed by atoms with Crippen molar-refractivity contribution in [2.24, 2.45) is 5.73 Å². The molecule has 2 atom stereocenters. The summed E-state index contributed by atoms with van der Waals surface area (Å²) < 4.78 is 12.1. The fraction of sp³-hybridized carbons (Fsp3) is 0.385. The van der Waals surface area contributed by atoms with Gasteiger partial charge in [0.1, 0.15) is 23.0 Å². The Morgan fingerprint density at radius 2 is 1.94 bits per heavy atom. The fourth-order valence-electron chi connectivity index (χ4n) is 5.16. The number of para-hydroxylation sites is 1. The van der Waals surface area contributed by atoms with E-state index in [9.17, 15) is 14.4 Å². The van der Waals surface area contributed by atoms with Gasteiger partial charge in [0.2, 0.25) is 5.91 Å². The van der Waals surface area contributed by atoms with Crippen molar-refractivity contribution in [2.45, 2.75) is 57.4 Å². The van der Waals surface area contributed by atoms with E-state index in [2.05, 4.69) is 4.98 Å². The molecule has 1 aromatic carbocycles. The molecule has 3 aliphatic rings. The molecule has 182 valence electrons. The zero-order valence-electron chi connectivity index (χ0n) is 19.8. The van der Waals surface area contributed by atoms with E-state index in [1.807, 2.05) is 26.0 Å². The van der Waals surface area contributed by atoms with E-state index >= 15 is 0 Å². The average molecular weight is 477 g/mol. The van der Waals surface area contributed by atoms with E-state index in [1.54, 1.807) is 35.5 Å². The van der Waals surface area contributed by atoms with Crippen molar-refractivity contribution >= 4 is 23.6 Å². The first-order chi connectivity index (χ1) is 16.7. The van der Waals surface area contributed by atoms with E-state index < -0.39 is 29.9 Å². The van der Waals surface area contributed by atoms with E-state index in [1.165, 1.54) is 11.0 Å². The minimum absolute atomic E-state index is 0.257. The number of benzene rings is 1. The number of ether oxygens (including phenoxy) is 2. The largest absolute Gasteiger partial charge is 0.486 e. The Balaban J connectivity index is 1.50. The highest BCUT2D eigenvalue weighted by Gasteiger charge is 2.45. The molecule has 1 saturated heterocycles. The van der Waals surface area contributed by atoms with Gasteiger partial charge in [0.25, 0.3) is 0 Å². The summed E-state index contributed by atoms with van der Waals surface area (Å²) in [7, 11) is 0. The lowest BCUT2D eigenvalue weighted by Gasteiger charge is -2.44. The molecule has 2 N–H and O–H groups in total. The van der Waals surface area contributed by atoms with Crippen LogP contribution in [0.2, 0.25) is 0 Å². The number of rotatable bonds is 3. The van der Waals surface area contributed by atoms with Gasteiger partial charge in [0, 0.05) is 37.0 Å². The number of amides is 3. The molecule has 5 rings (SSSR count). The first kappa shape index (κ1) is 22.9. The first-order valence-corrected chi connectivity index (χ1v) is 11.8. The molecule has 0 aliphatic carbocycles. The number of esters is 1. The maximum absolute atomic E-state index is 13.4. The van der Waals surface area contributed by atoms with E-state index in [0.29, 0.717) is 42.0 Å². The van der Waals surface area contributed by atoms with Crippen LogP contribution in [-0.4, -0.2) is 57.1 Å². The number of fused-ring (bicyclic) bond motifs is 2. The third-order valence-electron chi connectivity index (χ3n) is 6.64. The third-order valence-corrected chi connectivity index (χ3v) is 6.64. The maximum atomic E-state index is 13.4. The van der Waals surface area contributed by atoms with Gasteiger partial charge in [-0.3, -0.25) is 14.7 Å². The third kappa shape index (κ3) is 4.22. The van der Waals surface area contributed by atoms with Crippen LogP contribution in [0, 0.1) is 0 Å². The van der Waals surface area contributed by atoms with Gasteiger partial charge >= 0.3 is 12.0 Å². The fourth-order valence-corrected chi connectivity index (χ4v) is 5.16. The van der Waals surface area contributed by atoms with Crippen LogP contribution in [0.15, 0.2) is 48.8 Å². The quantitative estimate of drug-likeness (QED) is 0.681. The summed E-state index contributed by atoms with van der Waals surface area (Å²) in [6.07, 6.45) is 5.56.